The van der Waals surface area contributed by atoms with Gasteiger partial charge in [-0.15, -0.1) is 0 Å². The monoisotopic (exact) mass is 607 g/mol. The van der Waals surface area contributed by atoms with Crippen molar-refractivity contribution < 1.29 is 38.2 Å². The van der Waals surface area contributed by atoms with Crippen LogP contribution in [0, 0.1) is 0 Å². The van der Waals surface area contributed by atoms with Crippen molar-refractivity contribution in [3.05, 3.63) is 22.3 Å². The van der Waals surface area contributed by atoms with Crippen LogP contribution in [0.1, 0.15) is 107 Å². The summed E-state index contributed by atoms with van der Waals surface area (Å²) < 4.78 is 16.1. The standard InChI is InChI=1S/C32H53N3O8/c1-21-13-11-15-23(21)19-25(33-29(38)42-31(3,4)5)27(36)34(9)41-18-17-35(30(39)43-32(6,7)8)26(28(37)40-10)20-24-16-12-14-22(24)2/h25-26H,11-20H2,1-10H3,(H,33,38)/t25-,26+/m0/s1. The molecule has 11 nitrogen and oxygen atoms in total. The second-order valence-electron chi connectivity index (χ2n) is 13.5. The van der Waals surface area contributed by atoms with Gasteiger partial charge in [0.05, 0.1) is 20.3 Å². The Hall–Kier alpha value is -3.08. The summed E-state index contributed by atoms with van der Waals surface area (Å²) >= 11 is 0. The van der Waals surface area contributed by atoms with Crippen molar-refractivity contribution in [2.75, 3.05) is 27.3 Å². The van der Waals surface area contributed by atoms with Crippen LogP contribution in [-0.4, -0.2) is 84.6 Å². The predicted molar refractivity (Wildman–Crippen MR) is 163 cm³/mol. The molecule has 2 rings (SSSR count). The molecule has 0 aromatic carbocycles. The zero-order chi connectivity index (χ0) is 32.5. The number of rotatable bonds is 12. The van der Waals surface area contributed by atoms with Crippen LogP contribution in [0.5, 0.6) is 0 Å². The summed E-state index contributed by atoms with van der Waals surface area (Å²) in [7, 11) is 2.76. The van der Waals surface area contributed by atoms with Crippen LogP contribution in [0.2, 0.25) is 0 Å². The number of nitrogens with zero attached hydrogens (tertiary/aromatic N) is 2. The lowest BCUT2D eigenvalue weighted by atomic mass is 10.0. The van der Waals surface area contributed by atoms with Crippen molar-refractivity contribution in [1.29, 1.82) is 0 Å². The van der Waals surface area contributed by atoms with Crippen LogP contribution in [0.4, 0.5) is 9.59 Å². The van der Waals surface area contributed by atoms with Crippen LogP contribution >= 0.6 is 0 Å². The Morgan fingerprint density at radius 2 is 1.37 bits per heavy atom. The van der Waals surface area contributed by atoms with Gasteiger partial charge in [0.25, 0.3) is 5.91 Å². The molecule has 0 spiro atoms. The van der Waals surface area contributed by atoms with Gasteiger partial charge in [-0.2, -0.15) is 0 Å². The highest BCUT2D eigenvalue weighted by Gasteiger charge is 2.36. The molecule has 0 saturated carbocycles. The van der Waals surface area contributed by atoms with E-state index in [1.165, 1.54) is 30.2 Å². The number of ether oxygens (including phenoxy) is 3. The third-order valence-electron chi connectivity index (χ3n) is 7.55. The summed E-state index contributed by atoms with van der Waals surface area (Å²) in [4.78, 5) is 59.5. The summed E-state index contributed by atoms with van der Waals surface area (Å²) in [5.41, 5.74) is 3.19. The zero-order valence-corrected chi connectivity index (χ0v) is 27.9. The maximum Gasteiger partial charge on any atom is 0.411 e. The first kappa shape index (κ1) is 36.1. The van der Waals surface area contributed by atoms with Gasteiger partial charge < -0.3 is 19.5 Å². The molecular weight excluding hydrogens is 554 g/mol. The Balaban J connectivity index is 2.20. The zero-order valence-electron chi connectivity index (χ0n) is 27.9. The van der Waals surface area contributed by atoms with E-state index in [0.717, 1.165) is 54.7 Å². The fraction of sp³-hybridized carbons (Fsp3) is 0.750. The van der Waals surface area contributed by atoms with Crippen LogP contribution in [0.15, 0.2) is 22.3 Å². The quantitative estimate of drug-likeness (QED) is 0.127. The highest BCUT2D eigenvalue weighted by Crippen LogP contribution is 2.31. The Labute approximate surface area is 257 Å². The number of alkyl carbamates (subject to hydrolysis) is 1. The van der Waals surface area contributed by atoms with E-state index in [1.807, 2.05) is 13.8 Å². The first-order chi connectivity index (χ1) is 19.9. The number of carbonyl (C=O) groups is 4. The molecule has 0 aromatic heterocycles. The van der Waals surface area contributed by atoms with Crippen LogP contribution in [0.25, 0.3) is 0 Å². The molecule has 0 radical (unpaired) electrons. The number of likely N-dealkylation sites (N-methyl/N-ethyl adjacent to an activating group) is 1. The Morgan fingerprint density at radius 3 is 1.84 bits per heavy atom. The Kier molecular flexibility index (Phi) is 13.1. The smallest absolute Gasteiger partial charge is 0.411 e. The van der Waals surface area contributed by atoms with E-state index in [4.69, 9.17) is 19.0 Å². The highest BCUT2D eigenvalue weighted by molar-refractivity contribution is 5.85. The van der Waals surface area contributed by atoms with Crippen molar-refractivity contribution in [2.45, 2.75) is 130 Å². The molecule has 11 heteroatoms. The van der Waals surface area contributed by atoms with E-state index < -0.39 is 47.3 Å². The maximum atomic E-state index is 13.5. The number of carbonyl (C=O) groups excluding carboxylic acids is 4. The molecule has 2 aliphatic carbocycles. The van der Waals surface area contributed by atoms with Gasteiger partial charge in [-0.3, -0.25) is 14.5 Å². The van der Waals surface area contributed by atoms with Crippen molar-refractivity contribution >= 4 is 24.1 Å². The van der Waals surface area contributed by atoms with Crippen LogP contribution in [-0.2, 0) is 28.6 Å². The largest absolute Gasteiger partial charge is 0.467 e. The second kappa shape index (κ2) is 15.6. The van der Waals surface area contributed by atoms with Gasteiger partial charge in [0.1, 0.15) is 23.3 Å². The third kappa shape index (κ3) is 11.8. The minimum absolute atomic E-state index is 0.0347. The lowest BCUT2D eigenvalue weighted by Crippen LogP contribution is -2.51. The van der Waals surface area contributed by atoms with E-state index in [9.17, 15) is 19.2 Å². The van der Waals surface area contributed by atoms with Crippen LogP contribution in [0.3, 0.4) is 0 Å². The SMILES string of the molecule is COC(=O)[C@@H](CC1=C(C)CCC1)N(CCON(C)C(=O)[C@H](CC1=C(C)CCC1)NC(=O)OC(C)(C)C)C(=O)OC(C)(C)C. The van der Waals surface area contributed by atoms with E-state index in [1.54, 1.807) is 41.5 Å². The molecule has 1 N–H and O–H groups in total. The van der Waals surface area contributed by atoms with Gasteiger partial charge in [-0.25, -0.2) is 19.4 Å². The van der Waals surface area contributed by atoms with Crippen molar-refractivity contribution in [3.8, 4) is 0 Å². The fourth-order valence-corrected chi connectivity index (χ4v) is 5.31. The van der Waals surface area contributed by atoms with E-state index in [0.29, 0.717) is 12.8 Å². The number of nitrogens with one attached hydrogen (secondary N) is 1. The van der Waals surface area contributed by atoms with Gasteiger partial charge in [-0.1, -0.05) is 22.3 Å². The lowest BCUT2D eigenvalue weighted by molar-refractivity contribution is -0.182. The first-order valence-corrected chi connectivity index (χ1v) is 15.2. The topological polar surface area (TPSA) is 124 Å². The molecule has 0 saturated heterocycles. The van der Waals surface area contributed by atoms with Gasteiger partial charge in [0.15, 0.2) is 0 Å². The molecule has 2 aliphatic rings. The maximum absolute atomic E-state index is 13.5. The van der Waals surface area contributed by atoms with Gasteiger partial charge in [0.2, 0.25) is 0 Å². The minimum Gasteiger partial charge on any atom is -0.467 e. The molecule has 0 aliphatic heterocycles. The lowest BCUT2D eigenvalue weighted by Gasteiger charge is -2.33. The summed E-state index contributed by atoms with van der Waals surface area (Å²) in [6.45, 7) is 14.5. The summed E-state index contributed by atoms with van der Waals surface area (Å²) in [5, 5.41) is 3.78. The average molecular weight is 608 g/mol. The summed E-state index contributed by atoms with van der Waals surface area (Å²) in [6, 6.07) is -1.81. The number of allylic oxidation sites excluding steroid dienone is 2. The molecule has 0 heterocycles. The summed E-state index contributed by atoms with van der Waals surface area (Å²) in [5.74, 6) is -1.01. The van der Waals surface area contributed by atoms with Gasteiger partial charge in [0, 0.05) is 7.05 Å². The average Bonchev–Trinajstić information content (AvgIpc) is 3.48. The number of esters is 1. The molecule has 0 unspecified atom stereocenters. The van der Waals surface area contributed by atoms with Gasteiger partial charge in [-0.05, 0) is 107 Å². The Bertz CT molecular complexity index is 1080. The number of amides is 3. The highest BCUT2D eigenvalue weighted by atomic mass is 16.7. The molecule has 244 valence electrons. The third-order valence-corrected chi connectivity index (χ3v) is 7.55. The Morgan fingerprint density at radius 1 is 0.837 bits per heavy atom. The molecular formula is C32H53N3O8. The number of hydrogen-bond acceptors (Lipinski definition) is 8. The van der Waals surface area contributed by atoms with E-state index >= 15 is 0 Å². The molecule has 0 bridgehead atoms. The molecule has 3 amide bonds. The molecule has 2 atom stereocenters. The van der Waals surface area contributed by atoms with E-state index in [-0.39, 0.29) is 13.2 Å². The predicted octanol–water partition coefficient (Wildman–Crippen LogP) is 5.83. The van der Waals surface area contributed by atoms with Gasteiger partial charge >= 0.3 is 18.2 Å². The van der Waals surface area contributed by atoms with Crippen molar-refractivity contribution in [3.63, 3.8) is 0 Å². The van der Waals surface area contributed by atoms with Crippen LogP contribution < -0.4 is 5.32 Å². The molecule has 0 fully saturated rings. The van der Waals surface area contributed by atoms with E-state index in [2.05, 4.69) is 5.32 Å². The number of methoxy groups -OCH3 is 1. The second-order valence-corrected chi connectivity index (χ2v) is 13.5. The summed E-state index contributed by atoms with van der Waals surface area (Å²) in [6.07, 6.45) is 4.99. The molecule has 0 aromatic rings. The fourth-order valence-electron chi connectivity index (χ4n) is 5.31. The number of hydrogen-bond donors (Lipinski definition) is 1. The van der Waals surface area contributed by atoms with Crippen molar-refractivity contribution in [2.24, 2.45) is 0 Å². The minimum atomic E-state index is -0.911. The first-order valence-electron chi connectivity index (χ1n) is 15.2. The normalized spacial score (nSPS) is 17.0. The number of hydroxylamine groups is 2. The molecule has 43 heavy (non-hydrogen) atoms. The van der Waals surface area contributed by atoms with Crippen molar-refractivity contribution in [1.82, 2.24) is 15.3 Å².